The highest BCUT2D eigenvalue weighted by atomic mass is 16.5. The Morgan fingerprint density at radius 3 is 2.37 bits per heavy atom. The van der Waals surface area contributed by atoms with Crippen LogP contribution < -0.4 is 5.32 Å². The number of hydrogen-bond donors (Lipinski definition) is 1. The summed E-state index contributed by atoms with van der Waals surface area (Å²) in [7, 11) is 1.46. The molecular weight excluding hydrogens is 238 g/mol. The predicted octanol–water partition coefficient (Wildman–Crippen LogP) is 2.46. The van der Waals surface area contributed by atoms with Crippen LogP contribution in [0, 0.1) is 5.92 Å². The van der Waals surface area contributed by atoms with Gasteiger partial charge < -0.3 is 10.1 Å². The van der Waals surface area contributed by atoms with Gasteiger partial charge in [0.1, 0.15) is 0 Å². The molecule has 1 aliphatic heterocycles. The van der Waals surface area contributed by atoms with Crippen LogP contribution in [0.25, 0.3) is 0 Å². The molecule has 19 heavy (non-hydrogen) atoms. The first-order valence-corrected chi connectivity index (χ1v) is 6.82. The average molecular weight is 261 g/mol. The maximum absolute atomic E-state index is 11.8. The van der Waals surface area contributed by atoms with Crippen molar-refractivity contribution < 1.29 is 9.53 Å². The number of ether oxygens (including phenoxy) is 1. The van der Waals surface area contributed by atoms with Crippen molar-refractivity contribution in [3.8, 4) is 0 Å². The topological polar surface area (TPSA) is 38.3 Å². The third-order valence-electron chi connectivity index (χ3n) is 3.92. The summed E-state index contributed by atoms with van der Waals surface area (Å²) in [5.74, 6) is 0.0434. The van der Waals surface area contributed by atoms with Gasteiger partial charge in [0.05, 0.1) is 13.0 Å². The maximum Gasteiger partial charge on any atom is 0.310 e. The van der Waals surface area contributed by atoms with E-state index in [4.69, 9.17) is 4.74 Å². The molecule has 1 aliphatic rings. The highest BCUT2D eigenvalue weighted by Gasteiger charge is 2.34. The van der Waals surface area contributed by atoms with Crippen LogP contribution in [0.3, 0.4) is 0 Å². The summed E-state index contributed by atoms with van der Waals surface area (Å²) in [5.41, 5.74) is 2.69. The smallest absolute Gasteiger partial charge is 0.310 e. The summed E-state index contributed by atoms with van der Waals surface area (Å²) in [5, 5.41) is 3.28. The predicted molar refractivity (Wildman–Crippen MR) is 76.3 cm³/mol. The minimum Gasteiger partial charge on any atom is -0.469 e. The molecule has 1 aromatic carbocycles. The lowest BCUT2D eigenvalue weighted by Gasteiger charge is -2.21. The molecule has 1 aromatic rings. The van der Waals surface area contributed by atoms with Crippen LogP contribution in [-0.2, 0) is 14.9 Å². The van der Waals surface area contributed by atoms with Gasteiger partial charge in [-0.2, -0.15) is 0 Å². The van der Waals surface area contributed by atoms with E-state index in [1.165, 1.54) is 18.2 Å². The van der Waals surface area contributed by atoms with Gasteiger partial charge in [-0.1, -0.05) is 45.0 Å². The summed E-state index contributed by atoms with van der Waals surface area (Å²) >= 11 is 0. The lowest BCUT2D eigenvalue weighted by Crippen LogP contribution is -2.23. The Hall–Kier alpha value is -1.35. The minimum absolute atomic E-state index is 0.0644. The van der Waals surface area contributed by atoms with Crippen LogP contribution in [0.15, 0.2) is 24.3 Å². The number of rotatable bonds is 2. The standard InChI is InChI=1S/C16H23NO2/c1-16(2,3)12-7-5-11(6-8-12)13-9-17-10-14(13)15(18)19-4/h5-8,13-14,17H,9-10H2,1-4H3/t13-,14+/m1/s1. The molecule has 1 fully saturated rings. The van der Waals surface area contributed by atoms with Gasteiger partial charge in [-0.15, -0.1) is 0 Å². The van der Waals surface area contributed by atoms with Crippen molar-refractivity contribution >= 4 is 5.97 Å². The molecule has 0 saturated carbocycles. The van der Waals surface area contributed by atoms with Gasteiger partial charge in [0.2, 0.25) is 0 Å². The number of methoxy groups -OCH3 is 1. The van der Waals surface area contributed by atoms with Gasteiger partial charge in [0, 0.05) is 19.0 Å². The molecule has 1 heterocycles. The van der Waals surface area contributed by atoms with Crippen LogP contribution in [0.2, 0.25) is 0 Å². The third-order valence-corrected chi connectivity index (χ3v) is 3.92. The summed E-state index contributed by atoms with van der Waals surface area (Å²) < 4.78 is 4.88. The molecule has 2 atom stereocenters. The van der Waals surface area contributed by atoms with Crippen molar-refractivity contribution in [1.29, 1.82) is 0 Å². The van der Waals surface area contributed by atoms with Crippen molar-refractivity contribution in [2.75, 3.05) is 20.2 Å². The Kier molecular flexibility index (Phi) is 3.95. The quantitative estimate of drug-likeness (QED) is 0.831. The van der Waals surface area contributed by atoms with E-state index in [0.717, 1.165) is 6.54 Å². The largest absolute Gasteiger partial charge is 0.469 e. The summed E-state index contributed by atoms with van der Waals surface area (Å²) in [4.78, 5) is 11.8. The van der Waals surface area contributed by atoms with Gasteiger partial charge >= 0.3 is 5.97 Å². The molecule has 2 rings (SSSR count). The van der Waals surface area contributed by atoms with E-state index in [1.807, 2.05) is 0 Å². The van der Waals surface area contributed by atoms with Gasteiger partial charge in [0.25, 0.3) is 0 Å². The number of carbonyl (C=O) groups excluding carboxylic acids is 1. The van der Waals surface area contributed by atoms with Crippen LogP contribution >= 0.6 is 0 Å². The van der Waals surface area contributed by atoms with Crippen molar-refractivity contribution in [1.82, 2.24) is 5.32 Å². The molecular formula is C16H23NO2. The highest BCUT2D eigenvalue weighted by Crippen LogP contribution is 2.31. The van der Waals surface area contributed by atoms with E-state index in [1.54, 1.807) is 0 Å². The SMILES string of the molecule is COC(=O)[C@H]1CNC[C@@H]1c1ccc(C(C)(C)C)cc1. The van der Waals surface area contributed by atoms with Crippen molar-refractivity contribution in [2.45, 2.75) is 32.1 Å². The van der Waals surface area contributed by atoms with Crippen LogP contribution in [-0.4, -0.2) is 26.2 Å². The van der Waals surface area contributed by atoms with E-state index >= 15 is 0 Å². The van der Waals surface area contributed by atoms with Gasteiger partial charge in [-0.3, -0.25) is 4.79 Å². The van der Waals surface area contributed by atoms with E-state index in [2.05, 4.69) is 50.4 Å². The monoisotopic (exact) mass is 261 g/mol. The van der Waals surface area contributed by atoms with Gasteiger partial charge in [-0.05, 0) is 16.5 Å². The molecule has 0 amide bonds. The lowest BCUT2D eigenvalue weighted by molar-refractivity contribution is -0.145. The number of hydrogen-bond acceptors (Lipinski definition) is 3. The van der Waals surface area contributed by atoms with E-state index in [0.29, 0.717) is 6.54 Å². The Labute approximate surface area is 115 Å². The Balaban J connectivity index is 2.20. The lowest BCUT2D eigenvalue weighted by atomic mass is 9.83. The highest BCUT2D eigenvalue weighted by molar-refractivity contribution is 5.74. The first kappa shape index (κ1) is 14.1. The normalized spacial score (nSPS) is 23.4. The van der Waals surface area contributed by atoms with Crippen molar-refractivity contribution in [3.05, 3.63) is 35.4 Å². The molecule has 104 valence electrons. The zero-order chi connectivity index (χ0) is 14.0. The van der Waals surface area contributed by atoms with Crippen molar-refractivity contribution in [3.63, 3.8) is 0 Å². The molecule has 0 unspecified atom stereocenters. The molecule has 0 bridgehead atoms. The molecule has 0 radical (unpaired) electrons. The summed E-state index contributed by atoms with van der Waals surface area (Å²) in [6.07, 6.45) is 0. The fraction of sp³-hybridized carbons (Fsp3) is 0.562. The van der Waals surface area contributed by atoms with Crippen LogP contribution in [0.5, 0.6) is 0 Å². The summed E-state index contributed by atoms with van der Waals surface area (Å²) in [6, 6.07) is 8.63. The Morgan fingerprint density at radius 1 is 1.21 bits per heavy atom. The van der Waals surface area contributed by atoms with Crippen LogP contribution in [0.1, 0.15) is 37.8 Å². The van der Waals surface area contributed by atoms with E-state index in [9.17, 15) is 4.79 Å². The van der Waals surface area contributed by atoms with Gasteiger partial charge in [0.15, 0.2) is 0 Å². The zero-order valence-electron chi connectivity index (χ0n) is 12.2. The third kappa shape index (κ3) is 2.98. The minimum atomic E-state index is -0.116. The second-order valence-corrected chi connectivity index (χ2v) is 6.27. The number of carbonyl (C=O) groups is 1. The zero-order valence-corrected chi connectivity index (χ0v) is 12.2. The second kappa shape index (κ2) is 5.33. The average Bonchev–Trinajstić information content (AvgIpc) is 2.86. The molecule has 0 aliphatic carbocycles. The fourth-order valence-corrected chi connectivity index (χ4v) is 2.66. The number of esters is 1. The number of nitrogens with one attached hydrogen (secondary N) is 1. The Morgan fingerprint density at radius 2 is 1.84 bits per heavy atom. The molecule has 0 aromatic heterocycles. The summed E-state index contributed by atoms with van der Waals surface area (Å²) in [6.45, 7) is 8.16. The molecule has 3 heteroatoms. The maximum atomic E-state index is 11.8. The first-order chi connectivity index (χ1) is 8.93. The molecule has 1 saturated heterocycles. The van der Waals surface area contributed by atoms with Crippen molar-refractivity contribution in [2.24, 2.45) is 5.92 Å². The van der Waals surface area contributed by atoms with Crippen LogP contribution in [0.4, 0.5) is 0 Å². The number of benzene rings is 1. The fourth-order valence-electron chi connectivity index (χ4n) is 2.66. The molecule has 0 spiro atoms. The molecule has 1 N–H and O–H groups in total. The second-order valence-electron chi connectivity index (χ2n) is 6.27. The molecule has 3 nitrogen and oxygen atoms in total. The van der Waals surface area contributed by atoms with E-state index in [-0.39, 0.29) is 23.2 Å². The first-order valence-electron chi connectivity index (χ1n) is 6.82. The Bertz CT molecular complexity index is 445. The van der Waals surface area contributed by atoms with Gasteiger partial charge in [-0.25, -0.2) is 0 Å². The van der Waals surface area contributed by atoms with E-state index < -0.39 is 0 Å².